The standard InChI is InChI=1S/C12H24ClNO/c1-4-5-6-7-8-11(3)14-12(15)10(2)9-13/h10-11H,4-9H2,1-3H3,(H,14,15). The first-order valence-electron chi connectivity index (χ1n) is 5.98. The van der Waals surface area contributed by atoms with Crippen molar-refractivity contribution in [1.82, 2.24) is 5.32 Å². The van der Waals surface area contributed by atoms with Crippen LogP contribution in [0.15, 0.2) is 0 Å². The maximum atomic E-state index is 11.5. The number of carbonyl (C=O) groups is 1. The summed E-state index contributed by atoms with van der Waals surface area (Å²) in [5, 5.41) is 2.98. The van der Waals surface area contributed by atoms with Crippen LogP contribution in [0, 0.1) is 5.92 Å². The number of carbonyl (C=O) groups excluding carboxylic acids is 1. The SMILES string of the molecule is CCCCCCC(C)NC(=O)C(C)CCl. The molecule has 1 N–H and O–H groups in total. The van der Waals surface area contributed by atoms with Gasteiger partial charge in [0.05, 0.1) is 0 Å². The Kier molecular flexibility index (Phi) is 8.88. The summed E-state index contributed by atoms with van der Waals surface area (Å²) in [7, 11) is 0. The van der Waals surface area contributed by atoms with Gasteiger partial charge in [-0.15, -0.1) is 11.6 Å². The molecule has 0 aliphatic carbocycles. The van der Waals surface area contributed by atoms with Crippen molar-refractivity contribution in [2.75, 3.05) is 5.88 Å². The second kappa shape index (κ2) is 9.02. The summed E-state index contributed by atoms with van der Waals surface area (Å²) in [6.45, 7) is 6.12. The monoisotopic (exact) mass is 233 g/mol. The second-order valence-corrected chi connectivity index (χ2v) is 4.62. The van der Waals surface area contributed by atoms with Gasteiger partial charge >= 0.3 is 0 Å². The molecule has 0 aromatic heterocycles. The zero-order valence-electron chi connectivity index (χ0n) is 10.2. The molecule has 0 aliphatic heterocycles. The zero-order valence-corrected chi connectivity index (χ0v) is 10.9. The number of amides is 1. The molecule has 0 aliphatic rings. The Labute approximate surface area is 98.8 Å². The lowest BCUT2D eigenvalue weighted by Crippen LogP contribution is -2.36. The van der Waals surface area contributed by atoms with Crippen LogP contribution < -0.4 is 5.32 Å². The molecule has 2 nitrogen and oxygen atoms in total. The van der Waals surface area contributed by atoms with E-state index >= 15 is 0 Å². The van der Waals surface area contributed by atoms with Gasteiger partial charge in [0, 0.05) is 17.8 Å². The first-order valence-corrected chi connectivity index (χ1v) is 6.51. The topological polar surface area (TPSA) is 29.1 Å². The Morgan fingerprint density at radius 1 is 1.27 bits per heavy atom. The summed E-state index contributed by atoms with van der Waals surface area (Å²) in [6.07, 6.45) is 6.08. The summed E-state index contributed by atoms with van der Waals surface area (Å²) in [5.74, 6) is 0.395. The molecule has 0 aromatic rings. The lowest BCUT2D eigenvalue weighted by molar-refractivity contribution is -0.124. The molecule has 0 rings (SSSR count). The van der Waals surface area contributed by atoms with Crippen molar-refractivity contribution in [3.05, 3.63) is 0 Å². The predicted molar refractivity (Wildman–Crippen MR) is 66.2 cm³/mol. The minimum Gasteiger partial charge on any atom is -0.353 e. The van der Waals surface area contributed by atoms with Gasteiger partial charge in [-0.3, -0.25) is 4.79 Å². The first-order chi connectivity index (χ1) is 7.11. The highest BCUT2D eigenvalue weighted by Crippen LogP contribution is 2.06. The highest BCUT2D eigenvalue weighted by Gasteiger charge is 2.13. The number of alkyl halides is 1. The Morgan fingerprint density at radius 2 is 1.93 bits per heavy atom. The van der Waals surface area contributed by atoms with E-state index in [1.807, 2.05) is 6.92 Å². The third-order valence-corrected chi connectivity index (χ3v) is 3.02. The predicted octanol–water partition coefficient (Wildman–Crippen LogP) is 3.34. The molecule has 0 spiro atoms. The van der Waals surface area contributed by atoms with Gasteiger partial charge in [0.1, 0.15) is 0 Å². The maximum absolute atomic E-state index is 11.5. The summed E-state index contributed by atoms with van der Waals surface area (Å²) in [5.41, 5.74) is 0. The average molecular weight is 234 g/mol. The van der Waals surface area contributed by atoms with Gasteiger partial charge in [-0.25, -0.2) is 0 Å². The van der Waals surface area contributed by atoms with Crippen molar-refractivity contribution in [2.45, 2.75) is 58.9 Å². The highest BCUT2D eigenvalue weighted by atomic mass is 35.5. The van der Waals surface area contributed by atoms with E-state index in [-0.39, 0.29) is 17.9 Å². The quantitative estimate of drug-likeness (QED) is 0.506. The van der Waals surface area contributed by atoms with E-state index in [9.17, 15) is 4.79 Å². The number of hydrogen-bond acceptors (Lipinski definition) is 1. The molecule has 0 heterocycles. The number of nitrogens with one attached hydrogen (secondary N) is 1. The minimum atomic E-state index is -0.0789. The van der Waals surface area contributed by atoms with Crippen LogP contribution in [0.5, 0.6) is 0 Å². The third kappa shape index (κ3) is 7.66. The molecule has 2 atom stereocenters. The van der Waals surface area contributed by atoms with Crippen molar-refractivity contribution >= 4 is 17.5 Å². The Bertz CT molecular complexity index is 173. The molecule has 0 saturated heterocycles. The van der Waals surface area contributed by atoms with E-state index < -0.39 is 0 Å². The minimum absolute atomic E-state index is 0.0768. The Hall–Kier alpha value is -0.240. The van der Waals surface area contributed by atoms with Crippen molar-refractivity contribution < 1.29 is 4.79 Å². The van der Waals surface area contributed by atoms with E-state index in [4.69, 9.17) is 11.6 Å². The van der Waals surface area contributed by atoms with E-state index in [0.29, 0.717) is 5.88 Å². The van der Waals surface area contributed by atoms with Crippen LogP contribution in [0.4, 0.5) is 0 Å². The Morgan fingerprint density at radius 3 is 2.47 bits per heavy atom. The highest BCUT2D eigenvalue weighted by molar-refractivity contribution is 6.19. The number of unbranched alkanes of at least 4 members (excludes halogenated alkanes) is 3. The smallest absolute Gasteiger partial charge is 0.224 e. The van der Waals surface area contributed by atoms with Crippen molar-refractivity contribution in [2.24, 2.45) is 5.92 Å². The van der Waals surface area contributed by atoms with E-state index in [0.717, 1.165) is 6.42 Å². The molecule has 0 aromatic carbocycles. The van der Waals surface area contributed by atoms with Crippen molar-refractivity contribution in [3.63, 3.8) is 0 Å². The van der Waals surface area contributed by atoms with Crippen LogP contribution in [-0.4, -0.2) is 17.8 Å². The summed E-state index contributed by atoms with van der Waals surface area (Å²) in [4.78, 5) is 11.5. The van der Waals surface area contributed by atoms with E-state index in [1.165, 1.54) is 25.7 Å². The van der Waals surface area contributed by atoms with Gasteiger partial charge in [-0.05, 0) is 13.3 Å². The van der Waals surface area contributed by atoms with Crippen LogP contribution in [0.25, 0.3) is 0 Å². The van der Waals surface area contributed by atoms with Gasteiger partial charge in [0.15, 0.2) is 0 Å². The average Bonchev–Trinajstić information content (AvgIpc) is 2.23. The molecule has 3 heteroatoms. The van der Waals surface area contributed by atoms with E-state index in [2.05, 4.69) is 19.2 Å². The lowest BCUT2D eigenvalue weighted by Gasteiger charge is -2.16. The van der Waals surface area contributed by atoms with Gasteiger partial charge < -0.3 is 5.32 Å². The molecule has 0 bridgehead atoms. The van der Waals surface area contributed by atoms with Crippen LogP contribution in [0.1, 0.15) is 52.9 Å². The molecule has 15 heavy (non-hydrogen) atoms. The van der Waals surface area contributed by atoms with Gasteiger partial charge in [0.25, 0.3) is 0 Å². The Balaban J connectivity index is 3.55. The molecule has 90 valence electrons. The second-order valence-electron chi connectivity index (χ2n) is 4.31. The van der Waals surface area contributed by atoms with Gasteiger partial charge in [-0.1, -0.05) is 39.5 Å². The lowest BCUT2D eigenvalue weighted by atomic mass is 10.1. The van der Waals surface area contributed by atoms with Gasteiger partial charge in [0.2, 0.25) is 5.91 Å². The molecule has 0 radical (unpaired) electrons. The first kappa shape index (κ1) is 14.8. The summed E-state index contributed by atoms with van der Waals surface area (Å²) < 4.78 is 0. The molecular weight excluding hydrogens is 210 g/mol. The molecule has 2 unspecified atom stereocenters. The number of rotatable bonds is 8. The fourth-order valence-electron chi connectivity index (χ4n) is 1.40. The third-order valence-electron chi connectivity index (χ3n) is 2.56. The fourth-order valence-corrected chi connectivity index (χ4v) is 1.54. The summed E-state index contributed by atoms with van der Waals surface area (Å²) >= 11 is 5.62. The van der Waals surface area contributed by atoms with Crippen molar-refractivity contribution in [1.29, 1.82) is 0 Å². The number of halogens is 1. The van der Waals surface area contributed by atoms with Gasteiger partial charge in [-0.2, -0.15) is 0 Å². The van der Waals surface area contributed by atoms with Crippen molar-refractivity contribution in [3.8, 4) is 0 Å². The fraction of sp³-hybridized carbons (Fsp3) is 0.917. The largest absolute Gasteiger partial charge is 0.353 e. The molecule has 1 amide bonds. The normalized spacial score (nSPS) is 14.7. The molecule has 0 saturated carbocycles. The van der Waals surface area contributed by atoms with Crippen LogP contribution in [0.3, 0.4) is 0 Å². The maximum Gasteiger partial charge on any atom is 0.224 e. The summed E-state index contributed by atoms with van der Waals surface area (Å²) in [6, 6.07) is 0.278. The van der Waals surface area contributed by atoms with Crippen LogP contribution >= 0.6 is 11.6 Å². The van der Waals surface area contributed by atoms with Crippen LogP contribution in [-0.2, 0) is 4.79 Å². The van der Waals surface area contributed by atoms with E-state index in [1.54, 1.807) is 0 Å². The molecular formula is C12H24ClNO. The number of hydrogen-bond donors (Lipinski definition) is 1. The van der Waals surface area contributed by atoms with Crippen LogP contribution in [0.2, 0.25) is 0 Å². The molecule has 0 fully saturated rings. The zero-order chi connectivity index (χ0) is 11.7.